The molecule has 1 saturated heterocycles. The van der Waals surface area contributed by atoms with Gasteiger partial charge in [-0.15, -0.1) is 5.10 Å². The molecule has 3 aromatic rings. The van der Waals surface area contributed by atoms with Crippen molar-refractivity contribution < 1.29 is 18.7 Å². The first-order valence-electron chi connectivity index (χ1n) is 10.3. The van der Waals surface area contributed by atoms with Crippen LogP contribution in [0.5, 0.6) is 0 Å². The quantitative estimate of drug-likeness (QED) is 0.593. The van der Waals surface area contributed by atoms with Crippen molar-refractivity contribution in [2.45, 2.75) is 25.3 Å². The van der Waals surface area contributed by atoms with Crippen LogP contribution in [0, 0.1) is 11.7 Å². The Labute approximate surface area is 181 Å². The number of morpholine rings is 1. The van der Waals surface area contributed by atoms with Gasteiger partial charge in [0.2, 0.25) is 11.9 Å². The number of hydrogen-bond acceptors (Lipinski definition) is 8. The monoisotopic (exact) mass is 440 g/mol. The molecule has 11 nitrogen and oxygen atoms in total. The molecule has 3 heterocycles. The maximum atomic E-state index is 14.9. The molecule has 3 N–H and O–H groups in total. The molecule has 5 rings (SSSR count). The molecule has 1 aromatic carbocycles. The topological polar surface area (TPSA) is 141 Å². The van der Waals surface area contributed by atoms with Crippen LogP contribution in [0.25, 0.3) is 16.9 Å². The number of fused-ring (bicyclic) bond motifs is 1. The molecular formula is C20H21FN8O3. The first-order valence-corrected chi connectivity index (χ1v) is 10.3. The number of hydrogen-bond donors (Lipinski definition) is 2. The number of benzene rings is 1. The van der Waals surface area contributed by atoms with E-state index in [4.69, 9.17) is 10.5 Å². The Bertz CT molecular complexity index is 1200. The van der Waals surface area contributed by atoms with Gasteiger partial charge in [0.1, 0.15) is 12.4 Å². The zero-order valence-electron chi connectivity index (χ0n) is 17.1. The van der Waals surface area contributed by atoms with E-state index in [1.807, 2.05) is 0 Å². The number of carbonyl (C=O) groups is 2. The van der Waals surface area contributed by atoms with E-state index >= 15 is 0 Å². The zero-order chi connectivity index (χ0) is 22.2. The molecule has 2 aromatic heterocycles. The van der Waals surface area contributed by atoms with Crippen molar-refractivity contribution >= 4 is 34.6 Å². The van der Waals surface area contributed by atoms with Crippen LogP contribution in [0.15, 0.2) is 24.4 Å². The van der Waals surface area contributed by atoms with Crippen molar-refractivity contribution in [3.8, 4) is 5.69 Å². The van der Waals surface area contributed by atoms with E-state index < -0.39 is 5.82 Å². The maximum absolute atomic E-state index is 14.9. The Kier molecular flexibility index (Phi) is 5.13. The summed E-state index contributed by atoms with van der Waals surface area (Å²) in [5.41, 5.74) is 6.85. The second kappa shape index (κ2) is 8.11. The number of carbonyl (C=O) groups excluding carboxylic acids is 2. The lowest BCUT2D eigenvalue weighted by Gasteiger charge is -2.27. The minimum absolute atomic E-state index is 0.0390. The summed E-state index contributed by atoms with van der Waals surface area (Å²) < 4.78 is 21.4. The fourth-order valence-electron chi connectivity index (χ4n) is 4.14. The van der Waals surface area contributed by atoms with Gasteiger partial charge >= 0.3 is 0 Å². The number of nitrogens with two attached hydrogens (primary N) is 1. The Morgan fingerprint density at radius 3 is 2.94 bits per heavy atom. The largest absolute Gasteiger partial charge is 0.370 e. The summed E-state index contributed by atoms with van der Waals surface area (Å²) >= 11 is 0. The van der Waals surface area contributed by atoms with Crippen LogP contribution in [0.2, 0.25) is 0 Å². The van der Waals surface area contributed by atoms with Crippen LogP contribution in [-0.4, -0.2) is 62.6 Å². The average Bonchev–Trinajstić information content (AvgIpc) is 3.41. The molecule has 2 amide bonds. The lowest BCUT2D eigenvalue weighted by molar-refractivity contribution is -0.125. The third-order valence-corrected chi connectivity index (χ3v) is 5.81. The fourth-order valence-corrected chi connectivity index (χ4v) is 4.14. The molecule has 2 atom stereocenters. The van der Waals surface area contributed by atoms with Crippen molar-refractivity contribution in [2.24, 2.45) is 11.7 Å². The summed E-state index contributed by atoms with van der Waals surface area (Å²) in [5, 5.41) is 11.4. The van der Waals surface area contributed by atoms with Crippen molar-refractivity contribution in [1.29, 1.82) is 0 Å². The fraction of sp³-hybridized carbons (Fsp3) is 0.400. The maximum Gasteiger partial charge on any atom is 0.253 e. The summed E-state index contributed by atoms with van der Waals surface area (Å²) in [7, 11) is 0. The number of amides is 2. The van der Waals surface area contributed by atoms with Crippen molar-refractivity contribution in [3.05, 3.63) is 30.2 Å². The van der Waals surface area contributed by atoms with Gasteiger partial charge in [-0.1, -0.05) is 5.21 Å². The molecule has 1 aliphatic carbocycles. The molecule has 32 heavy (non-hydrogen) atoms. The van der Waals surface area contributed by atoms with E-state index in [-0.39, 0.29) is 36.1 Å². The predicted molar refractivity (Wildman–Crippen MR) is 112 cm³/mol. The van der Waals surface area contributed by atoms with Gasteiger partial charge in [0, 0.05) is 24.6 Å². The third kappa shape index (κ3) is 3.73. The Morgan fingerprint density at radius 2 is 2.19 bits per heavy atom. The van der Waals surface area contributed by atoms with Gasteiger partial charge in [0.15, 0.2) is 11.2 Å². The normalized spacial score (nSPS) is 21.3. The lowest BCUT2D eigenvalue weighted by Crippen LogP contribution is -2.42. The first kappa shape index (κ1) is 20.2. The standard InChI is InChI=1S/C20H21FN8O3/c21-14-8-13(3-4-16(14)28-5-6-32-10-17(28)30)29-19-15(26-27-29)9-23-20(25-19)24-12-2-1-11(7-12)18(22)31/h3-4,8-9,11-12H,1-2,5-7,10H2,(H2,22,31)(H,23,24,25)/t11-,12-/m1/s1. The van der Waals surface area contributed by atoms with Crippen LogP contribution in [0.3, 0.4) is 0 Å². The van der Waals surface area contributed by atoms with Crippen LogP contribution in [0.4, 0.5) is 16.0 Å². The van der Waals surface area contributed by atoms with Crippen LogP contribution in [0.1, 0.15) is 19.3 Å². The second-order valence-corrected chi connectivity index (χ2v) is 7.89. The molecule has 2 aliphatic rings. The lowest BCUT2D eigenvalue weighted by atomic mass is 10.1. The van der Waals surface area contributed by atoms with Gasteiger partial charge in [-0.05, 0) is 31.4 Å². The van der Waals surface area contributed by atoms with Crippen LogP contribution < -0.4 is 16.0 Å². The van der Waals surface area contributed by atoms with E-state index in [1.54, 1.807) is 6.07 Å². The average molecular weight is 440 g/mol. The van der Waals surface area contributed by atoms with Crippen molar-refractivity contribution in [1.82, 2.24) is 25.0 Å². The van der Waals surface area contributed by atoms with Crippen LogP contribution >= 0.6 is 0 Å². The van der Waals surface area contributed by atoms with E-state index in [1.165, 1.54) is 27.9 Å². The number of primary amides is 1. The van der Waals surface area contributed by atoms with Crippen molar-refractivity contribution in [3.63, 3.8) is 0 Å². The SMILES string of the molecule is NC(=O)[C@@H]1CC[C@@H](Nc2ncc3nnn(-c4ccc(N5CCOCC5=O)c(F)c4)c3n2)C1. The Hall–Kier alpha value is -3.67. The highest BCUT2D eigenvalue weighted by molar-refractivity contribution is 5.95. The number of rotatable bonds is 5. The highest BCUT2D eigenvalue weighted by Gasteiger charge is 2.29. The number of nitrogens with zero attached hydrogens (tertiary/aromatic N) is 6. The van der Waals surface area contributed by atoms with Gasteiger partial charge in [0.05, 0.1) is 24.2 Å². The molecule has 1 saturated carbocycles. The van der Waals surface area contributed by atoms with E-state index in [2.05, 4.69) is 25.6 Å². The van der Waals surface area contributed by atoms with Gasteiger partial charge < -0.3 is 20.7 Å². The highest BCUT2D eigenvalue weighted by Crippen LogP contribution is 2.28. The smallest absolute Gasteiger partial charge is 0.253 e. The minimum Gasteiger partial charge on any atom is -0.370 e. The third-order valence-electron chi connectivity index (χ3n) is 5.81. The highest BCUT2D eigenvalue weighted by atomic mass is 19.1. The minimum atomic E-state index is -0.558. The molecule has 0 bridgehead atoms. The summed E-state index contributed by atoms with van der Waals surface area (Å²) in [6.07, 6.45) is 3.68. The molecule has 166 valence electrons. The molecular weight excluding hydrogens is 419 g/mol. The summed E-state index contributed by atoms with van der Waals surface area (Å²) in [5.74, 6) is -0.923. The number of nitrogens with one attached hydrogen (secondary N) is 1. The van der Waals surface area contributed by atoms with E-state index in [9.17, 15) is 14.0 Å². The molecule has 0 unspecified atom stereocenters. The second-order valence-electron chi connectivity index (χ2n) is 7.89. The van der Waals surface area contributed by atoms with Gasteiger partial charge in [-0.3, -0.25) is 9.59 Å². The molecule has 12 heteroatoms. The zero-order valence-corrected chi connectivity index (χ0v) is 17.1. The van der Waals surface area contributed by atoms with Crippen LogP contribution in [-0.2, 0) is 14.3 Å². The van der Waals surface area contributed by atoms with Crippen molar-refractivity contribution in [2.75, 3.05) is 30.0 Å². The first-order chi connectivity index (χ1) is 15.5. The van der Waals surface area contributed by atoms with E-state index in [0.29, 0.717) is 42.4 Å². The molecule has 2 fully saturated rings. The molecule has 0 spiro atoms. The summed E-state index contributed by atoms with van der Waals surface area (Å²) in [6.45, 7) is 0.582. The number of aromatic nitrogens is 5. The van der Waals surface area contributed by atoms with Gasteiger partial charge in [-0.2, -0.15) is 9.67 Å². The van der Waals surface area contributed by atoms with Gasteiger partial charge in [0.25, 0.3) is 5.91 Å². The summed E-state index contributed by atoms with van der Waals surface area (Å²) in [4.78, 5) is 33.6. The number of ether oxygens (including phenoxy) is 1. The van der Waals surface area contributed by atoms with Gasteiger partial charge in [-0.25, -0.2) is 9.37 Å². The molecule has 0 radical (unpaired) electrons. The van der Waals surface area contributed by atoms with E-state index in [0.717, 1.165) is 12.8 Å². The Balaban J connectivity index is 1.41. The predicted octanol–water partition coefficient (Wildman–Crippen LogP) is 0.779. The summed E-state index contributed by atoms with van der Waals surface area (Å²) in [6, 6.07) is 4.51. The molecule has 1 aliphatic heterocycles. The number of anilines is 2. The number of halogens is 1. The Morgan fingerprint density at radius 1 is 1.31 bits per heavy atom.